The van der Waals surface area contributed by atoms with Gasteiger partial charge in [0.2, 0.25) is 0 Å². The Hall–Kier alpha value is -1.20. The Kier molecular flexibility index (Phi) is 3.66. The standard InChI is InChI=1S/C16H24N4S/c1-10(2)20-9-18-8-13(20)15-19-12-7-16(3,4)6-11(17-5)14(12)21-15/h8-11,17H,6-7H2,1-5H3. The number of hydrogen-bond donors (Lipinski definition) is 1. The molecule has 2 heterocycles. The third kappa shape index (κ3) is 2.64. The van der Waals surface area contributed by atoms with E-state index < -0.39 is 0 Å². The van der Waals surface area contributed by atoms with Crippen molar-refractivity contribution in [3.63, 3.8) is 0 Å². The molecule has 0 spiro atoms. The quantitative estimate of drug-likeness (QED) is 0.937. The van der Waals surface area contributed by atoms with Gasteiger partial charge in [0.15, 0.2) is 0 Å². The summed E-state index contributed by atoms with van der Waals surface area (Å²) in [5.41, 5.74) is 2.71. The summed E-state index contributed by atoms with van der Waals surface area (Å²) in [4.78, 5) is 10.7. The van der Waals surface area contributed by atoms with E-state index in [0.29, 0.717) is 17.5 Å². The molecule has 1 N–H and O–H groups in total. The van der Waals surface area contributed by atoms with Crippen LogP contribution in [0.3, 0.4) is 0 Å². The molecule has 0 saturated carbocycles. The summed E-state index contributed by atoms with van der Waals surface area (Å²) < 4.78 is 2.20. The Balaban J connectivity index is 2.04. The maximum atomic E-state index is 4.95. The molecular formula is C16H24N4S. The largest absolute Gasteiger partial charge is 0.326 e. The van der Waals surface area contributed by atoms with E-state index in [1.54, 1.807) is 0 Å². The van der Waals surface area contributed by atoms with Gasteiger partial charge >= 0.3 is 0 Å². The van der Waals surface area contributed by atoms with E-state index in [2.05, 4.69) is 42.6 Å². The van der Waals surface area contributed by atoms with Gasteiger partial charge in [0.25, 0.3) is 0 Å². The maximum Gasteiger partial charge on any atom is 0.142 e. The first-order valence-corrected chi connectivity index (χ1v) is 8.42. The summed E-state index contributed by atoms with van der Waals surface area (Å²) >= 11 is 1.82. The van der Waals surface area contributed by atoms with Gasteiger partial charge in [0.1, 0.15) is 5.01 Å². The van der Waals surface area contributed by atoms with E-state index >= 15 is 0 Å². The Morgan fingerprint density at radius 2 is 2.19 bits per heavy atom. The molecule has 2 aromatic rings. The fraction of sp³-hybridized carbons (Fsp3) is 0.625. The third-order valence-corrected chi connectivity index (χ3v) is 5.47. The van der Waals surface area contributed by atoms with Crippen LogP contribution in [0.15, 0.2) is 12.5 Å². The number of rotatable bonds is 3. The first kappa shape index (κ1) is 14.7. The number of fused-ring (bicyclic) bond motifs is 1. The Bertz CT molecular complexity index is 638. The van der Waals surface area contributed by atoms with Crippen LogP contribution in [0.2, 0.25) is 0 Å². The van der Waals surface area contributed by atoms with Gasteiger partial charge in [-0.05, 0) is 39.2 Å². The fourth-order valence-corrected chi connectivity index (χ4v) is 4.36. The SMILES string of the molecule is CNC1CC(C)(C)Cc2nc(-c3cncn3C(C)C)sc21. The predicted molar refractivity (Wildman–Crippen MR) is 87.6 cm³/mol. The number of nitrogens with one attached hydrogen (secondary N) is 1. The van der Waals surface area contributed by atoms with E-state index in [1.807, 2.05) is 30.9 Å². The summed E-state index contributed by atoms with van der Waals surface area (Å²) in [6.07, 6.45) is 6.07. The minimum absolute atomic E-state index is 0.310. The number of aromatic nitrogens is 3. The highest BCUT2D eigenvalue weighted by Crippen LogP contribution is 2.44. The molecule has 0 aliphatic heterocycles. The molecule has 0 saturated heterocycles. The highest BCUT2D eigenvalue weighted by atomic mass is 32.1. The van der Waals surface area contributed by atoms with Crippen molar-refractivity contribution in [3.8, 4) is 10.7 Å². The first-order valence-electron chi connectivity index (χ1n) is 7.60. The highest BCUT2D eigenvalue weighted by Gasteiger charge is 2.34. The molecule has 0 amide bonds. The van der Waals surface area contributed by atoms with Gasteiger partial charge in [0, 0.05) is 17.0 Å². The van der Waals surface area contributed by atoms with E-state index in [1.165, 1.54) is 17.0 Å². The lowest BCUT2D eigenvalue weighted by molar-refractivity contribution is 0.265. The Morgan fingerprint density at radius 1 is 1.43 bits per heavy atom. The van der Waals surface area contributed by atoms with Gasteiger partial charge in [-0.15, -0.1) is 11.3 Å². The van der Waals surface area contributed by atoms with Crippen molar-refractivity contribution in [1.82, 2.24) is 19.9 Å². The molecule has 0 bridgehead atoms. The van der Waals surface area contributed by atoms with Gasteiger partial charge in [-0.1, -0.05) is 13.8 Å². The molecule has 1 unspecified atom stereocenters. The van der Waals surface area contributed by atoms with Crippen molar-refractivity contribution in [2.24, 2.45) is 5.41 Å². The molecule has 21 heavy (non-hydrogen) atoms. The predicted octanol–water partition coefficient (Wildman–Crippen LogP) is 3.82. The average Bonchev–Trinajstić information content (AvgIpc) is 3.01. The topological polar surface area (TPSA) is 42.7 Å². The smallest absolute Gasteiger partial charge is 0.142 e. The number of thiazole rings is 1. The molecule has 1 atom stereocenters. The van der Waals surface area contributed by atoms with Crippen molar-refractivity contribution in [1.29, 1.82) is 0 Å². The lowest BCUT2D eigenvalue weighted by Gasteiger charge is -2.34. The van der Waals surface area contributed by atoms with Crippen LogP contribution >= 0.6 is 11.3 Å². The van der Waals surface area contributed by atoms with Gasteiger partial charge in [-0.25, -0.2) is 9.97 Å². The highest BCUT2D eigenvalue weighted by molar-refractivity contribution is 7.15. The Morgan fingerprint density at radius 3 is 2.86 bits per heavy atom. The van der Waals surface area contributed by atoms with Crippen molar-refractivity contribution >= 4 is 11.3 Å². The summed E-state index contributed by atoms with van der Waals surface area (Å²) in [6, 6.07) is 0.824. The molecular weight excluding hydrogens is 280 g/mol. The molecule has 2 aromatic heterocycles. The first-order chi connectivity index (χ1) is 9.91. The minimum Gasteiger partial charge on any atom is -0.326 e. The minimum atomic E-state index is 0.310. The molecule has 114 valence electrons. The van der Waals surface area contributed by atoms with Gasteiger partial charge in [-0.2, -0.15) is 0 Å². The lowest BCUT2D eigenvalue weighted by Crippen LogP contribution is -2.30. The fourth-order valence-electron chi connectivity index (χ4n) is 3.16. The van der Waals surface area contributed by atoms with Crippen LogP contribution < -0.4 is 5.32 Å². The molecule has 4 nitrogen and oxygen atoms in total. The summed E-state index contributed by atoms with van der Waals surface area (Å²) in [7, 11) is 2.05. The van der Waals surface area contributed by atoms with Crippen molar-refractivity contribution in [2.45, 2.75) is 52.6 Å². The van der Waals surface area contributed by atoms with Crippen molar-refractivity contribution < 1.29 is 0 Å². The zero-order valence-electron chi connectivity index (χ0n) is 13.5. The molecule has 0 fully saturated rings. The lowest BCUT2D eigenvalue weighted by atomic mass is 9.76. The zero-order valence-corrected chi connectivity index (χ0v) is 14.3. The summed E-state index contributed by atoms with van der Waals surface area (Å²) in [6.45, 7) is 9.02. The number of nitrogens with zero attached hydrogens (tertiary/aromatic N) is 3. The van der Waals surface area contributed by atoms with Gasteiger partial charge < -0.3 is 9.88 Å². The summed E-state index contributed by atoms with van der Waals surface area (Å²) in [5, 5.41) is 4.56. The molecule has 1 aliphatic carbocycles. The van der Waals surface area contributed by atoms with E-state index in [-0.39, 0.29) is 0 Å². The molecule has 1 aliphatic rings. The van der Waals surface area contributed by atoms with Gasteiger partial charge in [-0.3, -0.25) is 0 Å². The van der Waals surface area contributed by atoms with Crippen molar-refractivity contribution in [3.05, 3.63) is 23.1 Å². The monoisotopic (exact) mass is 304 g/mol. The van der Waals surface area contributed by atoms with Gasteiger partial charge in [0.05, 0.1) is 23.9 Å². The maximum absolute atomic E-state index is 4.95. The zero-order chi connectivity index (χ0) is 15.2. The van der Waals surface area contributed by atoms with Crippen molar-refractivity contribution in [2.75, 3.05) is 7.05 Å². The van der Waals surface area contributed by atoms with Crippen LogP contribution in [0.4, 0.5) is 0 Å². The molecule has 5 heteroatoms. The van der Waals surface area contributed by atoms with Crippen LogP contribution in [0.5, 0.6) is 0 Å². The van der Waals surface area contributed by atoms with Crippen LogP contribution in [-0.4, -0.2) is 21.6 Å². The molecule has 0 aromatic carbocycles. The van der Waals surface area contributed by atoms with Crippen LogP contribution in [0, 0.1) is 5.41 Å². The second-order valence-electron chi connectivity index (χ2n) is 7.00. The molecule has 3 rings (SSSR count). The van der Waals surface area contributed by atoms with Crippen LogP contribution in [0.25, 0.3) is 10.7 Å². The van der Waals surface area contributed by atoms with Crippen LogP contribution in [-0.2, 0) is 6.42 Å². The molecule has 0 radical (unpaired) electrons. The second kappa shape index (κ2) is 5.21. The van der Waals surface area contributed by atoms with E-state index in [0.717, 1.165) is 17.1 Å². The summed E-state index contributed by atoms with van der Waals surface area (Å²) in [5.74, 6) is 0. The second-order valence-corrected chi connectivity index (χ2v) is 8.03. The van der Waals surface area contributed by atoms with Crippen LogP contribution in [0.1, 0.15) is 56.8 Å². The third-order valence-electron chi connectivity index (χ3n) is 4.24. The van der Waals surface area contributed by atoms with E-state index in [9.17, 15) is 0 Å². The van der Waals surface area contributed by atoms with E-state index in [4.69, 9.17) is 4.98 Å². The number of hydrogen-bond acceptors (Lipinski definition) is 4. The average molecular weight is 304 g/mol. The number of imidazole rings is 1. The Labute approximate surface area is 130 Å². The normalized spacial score (nSPS) is 20.8.